The van der Waals surface area contributed by atoms with Gasteiger partial charge in [0.25, 0.3) is 0 Å². The molecule has 3 heteroatoms. The van der Waals surface area contributed by atoms with Gasteiger partial charge in [-0.1, -0.05) is 19.8 Å². The summed E-state index contributed by atoms with van der Waals surface area (Å²) in [4.78, 5) is 0. The summed E-state index contributed by atoms with van der Waals surface area (Å²) in [5.41, 5.74) is 0. The van der Waals surface area contributed by atoms with Gasteiger partial charge in [-0.15, -0.1) is 0 Å². The highest BCUT2D eigenvalue weighted by Gasteiger charge is 2.32. The molecule has 0 aromatic carbocycles. The van der Waals surface area contributed by atoms with Crippen molar-refractivity contribution in [3.63, 3.8) is 0 Å². The second-order valence-electron chi connectivity index (χ2n) is 5.01. The van der Waals surface area contributed by atoms with E-state index >= 15 is 0 Å². The summed E-state index contributed by atoms with van der Waals surface area (Å²) in [7, 11) is 0. The van der Waals surface area contributed by atoms with Crippen LogP contribution < -0.4 is 0 Å². The minimum absolute atomic E-state index is 0.0365. The quantitative estimate of drug-likeness (QED) is 0.809. The minimum atomic E-state index is -0.0365. The third-order valence-corrected chi connectivity index (χ3v) is 6.55. The first-order valence-corrected chi connectivity index (χ1v) is 8.35. The number of rotatable bonds is 2. The predicted octanol–water partition coefficient (Wildman–Crippen LogP) is 3.02. The Morgan fingerprint density at radius 2 is 2.13 bits per heavy atom. The number of hydrogen-bond acceptors (Lipinski definition) is 3. The molecule has 4 unspecified atom stereocenters. The van der Waals surface area contributed by atoms with Gasteiger partial charge in [-0.2, -0.15) is 23.5 Å². The molecule has 2 aliphatic rings. The van der Waals surface area contributed by atoms with Crippen molar-refractivity contribution in [2.45, 2.75) is 44.0 Å². The van der Waals surface area contributed by atoms with Crippen molar-refractivity contribution in [1.82, 2.24) is 0 Å². The Morgan fingerprint density at radius 3 is 2.80 bits per heavy atom. The van der Waals surface area contributed by atoms with Crippen LogP contribution in [0.1, 0.15) is 32.6 Å². The Balaban J connectivity index is 1.85. The molecule has 1 aliphatic carbocycles. The van der Waals surface area contributed by atoms with Crippen LogP contribution in [-0.4, -0.2) is 33.7 Å². The summed E-state index contributed by atoms with van der Waals surface area (Å²) in [5, 5.41) is 10.9. The normalized spacial score (nSPS) is 40.0. The van der Waals surface area contributed by atoms with E-state index in [0.29, 0.717) is 11.2 Å². The van der Waals surface area contributed by atoms with E-state index in [1.54, 1.807) is 0 Å². The van der Waals surface area contributed by atoms with Crippen LogP contribution in [0, 0.1) is 11.8 Å². The van der Waals surface area contributed by atoms with E-state index in [1.807, 2.05) is 23.5 Å². The van der Waals surface area contributed by atoms with Gasteiger partial charge in [-0.3, -0.25) is 0 Å². The molecule has 1 saturated heterocycles. The van der Waals surface area contributed by atoms with E-state index in [0.717, 1.165) is 11.7 Å². The van der Waals surface area contributed by atoms with E-state index < -0.39 is 0 Å². The monoisotopic (exact) mass is 246 g/mol. The first-order valence-electron chi connectivity index (χ1n) is 6.15. The van der Waals surface area contributed by atoms with Crippen molar-refractivity contribution in [3.05, 3.63) is 0 Å². The van der Waals surface area contributed by atoms with Gasteiger partial charge in [-0.25, -0.2) is 0 Å². The summed E-state index contributed by atoms with van der Waals surface area (Å²) >= 11 is 4.01. The van der Waals surface area contributed by atoms with E-state index in [-0.39, 0.29) is 6.10 Å². The summed E-state index contributed by atoms with van der Waals surface area (Å²) < 4.78 is 0. The van der Waals surface area contributed by atoms with Crippen molar-refractivity contribution < 1.29 is 5.11 Å². The first-order chi connectivity index (χ1) is 7.27. The molecule has 15 heavy (non-hydrogen) atoms. The van der Waals surface area contributed by atoms with Gasteiger partial charge in [0, 0.05) is 22.5 Å². The second-order valence-corrected chi connectivity index (χ2v) is 7.50. The fourth-order valence-electron chi connectivity index (χ4n) is 2.80. The zero-order valence-corrected chi connectivity index (χ0v) is 11.2. The third-order valence-electron chi connectivity index (χ3n) is 3.68. The van der Waals surface area contributed by atoms with Gasteiger partial charge in [-0.05, 0) is 24.7 Å². The van der Waals surface area contributed by atoms with E-state index in [4.69, 9.17) is 0 Å². The zero-order chi connectivity index (χ0) is 10.7. The fraction of sp³-hybridized carbons (Fsp3) is 1.00. The predicted molar refractivity (Wildman–Crippen MR) is 70.7 cm³/mol. The minimum Gasteiger partial charge on any atom is -0.392 e. The SMILES string of the molecule is CC1CCCC(C(O)C2CSCCS2)C1. The Hall–Kier alpha value is 0.660. The number of aliphatic hydroxyl groups is 1. The van der Waals surface area contributed by atoms with Crippen LogP contribution in [0.5, 0.6) is 0 Å². The Morgan fingerprint density at radius 1 is 1.27 bits per heavy atom. The number of aliphatic hydroxyl groups excluding tert-OH is 1. The van der Waals surface area contributed by atoms with E-state index in [9.17, 15) is 5.11 Å². The van der Waals surface area contributed by atoms with Crippen LogP contribution in [-0.2, 0) is 0 Å². The molecule has 1 heterocycles. The molecule has 0 aromatic heterocycles. The van der Waals surface area contributed by atoms with Crippen LogP contribution in [0.4, 0.5) is 0 Å². The lowest BCUT2D eigenvalue weighted by Gasteiger charge is -2.35. The molecule has 0 bridgehead atoms. The highest BCUT2D eigenvalue weighted by Crippen LogP contribution is 2.36. The average Bonchev–Trinajstić information content (AvgIpc) is 2.29. The Labute approximate surface area is 102 Å². The lowest BCUT2D eigenvalue weighted by molar-refractivity contribution is 0.0738. The summed E-state index contributed by atoms with van der Waals surface area (Å²) in [6.45, 7) is 2.33. The van der Waals surface area contributed by atoms with E-state index in [1.165, 1.54) is 37.2 Å². The lowest BCUT2D eigenvalue weighted by Crippen LogP contribution is -2.37. The van der Waals surface area contributed by atoms with Crippen molar-refractivity contribution in [2.75, 3.05) is 17.3 Å². The van der Waals surface area contributed by atoms with Crippen molar-refractivity contribution in [3.8, 4) is 0 Å². The number of thioether (sulfide) groups is 2. The van der Waals surface area contributed by atoms with Gasteiger partial charge in [0.2, 0.25) is 0 Å². The van der Waals surface area contributed by atoms with Gasteiger partial charge in [0.05, 0.1) is 6.10 Å². The smallest absolute Gasteiger partial charge is 0.0694 e. The van der Waals surface area contributed by atoms with Crippen LogP contribution in [0.3, 0.4) is 0 Å². The molecule has 2 rings (SSSR count). The molecule has 0 spiro atoms. The average molecular weight is 246 g/mol. The molecule has 1 N–H and O–H groups in total. The number of hydrogen-bond donors (Lipinski definition) is 1. The van der Waals surface area contributed by atoms with Crippen LogP contribution in [0.15, 0.2) is 0 Å². The second kappa shape index (κ2) is 5.83. The van der Waals surface area contributed by atoms with Crippen LogP contribution in [0.25, 0.3) is 0 Å². The molecule has 0 radical (unpaired) electrons. The first kappa shape index (κ1) is 12.1. The zero-order valence-electron chi connectivity index (χ0n) is 9.52. The highest BCUT2D eigenvalue weighted by atomic mass is 32.2. The maximum Gasteiger partial charge on any atom is 0.0694 e. The summed E-state index contributed by atoms with van der Waals surface area (Å²) in [5.74, 6) is 5.09. The molecule has 0 amide bonds. The largest absolute Gasteiger partial charge is 0.392 e. The van der Waals surface area contributed by atoms with Gasteiger partial charge >= 0.3 is 0 Å². The lowest BCUT2D eigenvalue weighted by atomic mass is 9.79. The van der Waals surface area contributed by atoms with Crippen LogP contribution >= 0.6 is 23.5 Å². The van der Waals surface area contributed by atoms with Crippen molar-refractivity contribution >= 4 is 23.5 Å². The molecule has 4 atom stereocenters. The van der Waals surface area contributed by atoms with Gasteiger partial charge in [0.15, 0.2) is 0 Å². The topological polar surface area (TPSA) is 20.2 Å². The third kappa shape index (κ3) is 3.31. The summed E-state index contributed by atoms with van der Waals surface area (Å²) in [6, 6.07) is 0. The Bertz CT molecular complexity index is 192. The Kier molecular flexibility index (Phi) is 4.71. The molecule has 1 saturated carbocycles. The molecule has 1 nitrogen and oxygen atoms in total. The highest BCUT2D eigenvalue weighted by molar-refractivity contribution is 8.06. The van der Waals surface area contributed by atoms with Crippen molar-refractivity contribution in [2.24, 2.45) is 11.8 Å². The van der Waals surface area contributed by atoms with E-state index in [2.05, 4.69) is 6.92 Å². The fourth-order valence-corrected chi connectivity index (χ4v) is 5.65. The molecular weight excluding hydrogens is 224 g/mol. The molecule has 2 fully saturated rings. The van der Waals surface area contributed by atoms with Gasteiger partial charge < -0.3 is 5.11 Å². The summed E-state index contributed by atoms with van der Waals surface area (Å²) in [6.07, 6.45) is 5.17. The van der Waals surface area contributed by atoms with Gasteiger partial charge in [0.1, 0.15) is 0 Å². The maximum atomic E-state index is 10.4. The molecule has 1 aliphatic heterocycles. The maximum absolute atomic E-state index is 10.4. The molecule has 0 aromatic rings. The molecule has 88 valence electrons. The molecular formula is C12H22OS2. The van der Waals surface area contributed by atoms with Crippen molar-refractivity contribution in [1.29, 1.82) is 0 Å². The standard InChI is InChI=1S/C12H22OS2/c1-9-3-2-4-10(7-9)12(13)11-8-14-5-6-15-11/h9-13H,2-8H2,1H3. The van der Waals surface area contributed by atoms with Crippen LogP contribution in [0.2, 0.25) is 0 Å².